The Bertz CT molecular complexity index is 608. The average Bonchev–Trinajstić information content (AvgIpc) is 2.69. The van der Waals surface area contributed by atoms with Crippen molar-refractivity contribution in [3.05, 3.63) is 22.9 Å². The van der Waals surface area contributed by atoms with Crippen LogP contribution in [0.2, 0.25) is 0 Å². The van der Waals surface area contributed by atoms with Crippen molar-refractivity contribution < 1.29 is 0 Å². The lowest BCUT2D eigenvalue weighted by molar-refractivity contribution is 0.328. The van der Waals surface area contributed by atoms with E-state index in [9.17, 15) is 4.79 Å². The van der Waals surface area contributed by atoms with Crippen LogP contribution in [0.15, 0.2) is 17.2 Å². The van der Waals surface area contributed by atoms with Crippen molar-refractivity contribution in [2.24, 2.45) is 11.1 Å². The molecule has 0 aromatic carbocycles. The number of nitrogens with one attached hydrogen (secondary N) is 2. The number of fused-ring (bicyclic) bond motifs is 1. The lowest BCUT2D eigenvalue weighted by atomic mass is 9.85. The lowest BCUT2D eigenvalue weighted by Gasteiger charge is -2.31. The Morgan fingerprint density at radius 3 is 2.89 bits per heavy atom. The highest BCUT2D eigenvalue weighted by Crippen LogP contribution is 2.24. The molecule has 4 N–H and O–H groups in total. The summed E-state index contributed by atoms with van der Waals surface area (Å²) in [6.45, 7) is 7.06. The van der Waals surface area contributed by atoms with Crippen molar-refractivity contribution in [2.75, 3.05) is 11.9 Å². The minimum absolute atomic E-state index is 0.0679. The molecule has 2 aromatic heterocycles. The van der Waals surface area contributed by atoms with Gasteiger partial charge < -0.3 is 11.1 Å². The molecule has 0 amide bonds. The summed E-state index contributed by atoms with van der Waals surface area (Å²) in [5, 5.41) is 9.66. The van der Waals surface area contributed by atoms with E-state index in [1.807, 2.05) is 0 Å². The highest BCUT2D eigenvalue weighted by atomic mass is 16.1. The highest BCUT2D eigenvalue weighted by Gasteiger charge is 2.24. The normalized spacial score (nSPS) is 13.7. The standard InChI is InChI=1S/C12H20N6O/c1-12(2,3)8(4-5-13)15-9-6-10-16-17-11(19)18(10)7-14-9/h6-8,15H,4-5,13H2,1-3H3,(H,17,19). The summed E-state index contributed by atoms with van der Waals surface area (Å²) >= 11 is 0. The molecule has 2 aromatic rings. The third kappa shape index (κ3) is 2.93. The molecule has 0 fully saturated rings. The Labute approximate surface area is 111 Å². The first-order valence-electron chi connectivity index (χ1n) is 6.31. The van der Waals surface area contributed by atoms with Crippen LogP contribution in [0, 0.1) is 5.41 Å². The highest BCUT2D eigenvalue weighted by molar-refractivity contribution is 5.48. The predicted octanol–water partition coefficient (Wildman–Crippen LogP) is 0.593. The molecule has 2 rings (SSSR count). The first-order valence-corrected chi connectivity index (χ1v) is 6.31. The fraction of sp³-hybridized carbons (Fsp3) is 0.583. The van der Waals surface area contributed by atoms with Gasteiger partial charge in [0.2, 0.25) is 0 Å². The van der Waals surface area contributed by atoms with Gasteiger partial charge in [-0.3, -0.25) is 0 Å². The zero-order valence-corrected chi connectivity index (χ0v) is 11.5. The van der Waals surface area contributed by atoms with Gasteiger partial charge in [0.25, 0.3) is 0 Å². The van der Waals surface area contributed by atoms with E-state index in [2.05, 4.69) is 41.3 Å². The van der Waals surface area contributed by atoms with Crippen molar-refractivity contribution in [3.63, 3.8) is 0 Å². The number of anilines is 1. The van der Waals surface area contributed by atoms with Crippen molar-refractivity contribution in [2.45, 2.75) is 33.2 Å². The van der Waals surface area contributed by atoms with Crippen LogP contribution in [0.5, 0.6) is 0 Å². The summed E-state index contributed by atoms with van der Waals surface area (Å²) in [4.78, 5) is 15.6. The molecule has 0 bridgehead atoms. The van der Waals surface area contributed by atoms with Gasteiger partial charge in [0.15, 0.2) is 5.65 Å². The monoisotopic (exact) mass is 264 g/mol. The molecule has 0 aliphatic carbocycles. The average molecular weight is 264 g/mol. The van der Waals surface area contributed by atoms with Gasteiger partial charge in [0.1, 0.15) is 12.1 Å². The molecule has 19 heavy (non-hydrogen) atoms. The van der Waals surface area contributed by atoms with Crippen LogP contribution in [-0.2, 0) is 0 Å². The Morgan fingerprint density at radius 2 is 2.26 bits per heavy atom. The zero-order valence-electron chi connectivity index (χ0n) is 11.5. The molecule has 2 heterocycles. The molecule has 0 saturated heterocycles. The number of hydrogen-bond acceptors (Lipinski definition) is 5. The van der Waals surface area contributed by atoms with E-state index >= 15 is 0 Å². The maximum atomic E-state index is 11.3. The predicted molar refractivity (Wildman–Crippen MR) is 74.1 cm³/mol. The molecule has 1 unspecified atom stereocenters. The van der Waals surface area contributed by atoms with Gasteiger partial charge >= 0.3 is 5.69 Å². The molecule has 7 heteroatoms. The number of nitrogens with two attached hydrogens (primary N) is 1. The molecular weight excluding hydrogens is 244 g/mol. The van der Waals surface area contributed by atoms with Crippen LogP contribution in [0.3, 0.4) is 0 Å². The van der Waals surface area contributed by atoms with Crippen molar-refractivity contribution in [3.8, 4) is 0 Å². The number of aromatic nitrogens is 4. The fourth-order valence-corrected chi connectivity index (χ4v) is 1.96. The van der Waals surface area contributed by atoms with Gasteiger partial charge in [-0.05, 0) is 18.4 Å². The number of nitrogens with zero attached hydrogens (tertiary/aromatic N) is 3. The van der Waals surface area contributed by atoms with Gasteiger partial charge in [-0.15, -0.1) is 0 Å². The van der Waals surface area contributed by atoms with E-state index in [0.29, 0.717) is 18.0 Å². The quantitative estimate of drug-likeness (QED) is 0.750. The molecule has 0 spiro atoms. The van der Waals surface area contributed by atoms with Crippen LogP contribution < -0.4 is 16.7 Å². The van der Waals surface area contributed by atoms with E-state index in [4.69, 9.17) is 5.73 Å². The molecule has 0 radical (unpaired) electrons. The van der Waals surface area contributed by atoms with Crippen LogP contribution in [0.4, 0.5) is 5.82 Å². The van der Waals surface area contributed by atoms with Gasteiger partial charge in [0.05, 0.1) is 0 Å². The molecule has 1 atom stereocenters. The minimum atomic E-state index is -0.289. The lowest BCUT2D eigenvalue weighted by Crippen LogP contribution is -2.36. The van der Waals surface area contributed by atoms with Crippen molar-refractivity contribution in [1.82, 2.24) is 19.6 Å². The number of H-pyrrole nitrogens is 1. The largest absolute Gasteiger partial charge is 0.367 e. The van der Waals surface area contributed by atoms with Crippen LogP contribution in [0.25, 0.3) is 5.65 Å². The molecule has 104 valence electrons. The van der Waals surface area contributed by atoms with Crippen LogP contribution in [0.1, 0.15) is 27.2 Å². The number of hydrogen-bond donors (Lipinski definition) is 3. The summed E-state index contributed by atoms with van der Waals surface area (Å²) < 4.78 is 1.36. The Morgan fingerprint density at radius 1 is 1.53 bits per heavy atom. The summed E-state index contributed by atoms with van der Waals surface area (Å²) in [7, 11) is 0. The molecular formula is C12H20N6O. The number of rotatable bonds is 4. The van der Waals surface area contributed by atoms with Crippen molar-refractivity contribution in [1.29, 1.82) is 0 Å². The fourth-order valence-electron chi connectivity index (χ4n) is 1.96. The summed E-state index contributed by atoms with van der Waals surface area (Å²) in [5.74, 6) is 0.694. The Balaban J connectivity index is 2.26. The Kier molecular flexibility index (Phi) is 3.57. The minimum Gasteiger partial charge on any atom is -0.367 e. The first kappa shape index (κ1) is 13.5. The topological polar surface area (TPSA) is 101 Å². The smallest absolute Gasteiger partial charge is 0.348 e. The molecule has 0 saturated carbocycles. The van der Waals surface area contributed by atoms with E-state index in [1.54, 1.807) is 6.07 Å². The van der Waals surface area contributed by atoms with Gasteiger partial charge in [-0.25, -0.2) is 19.3 Å². The molecule has 0 aliphatic heterocycles. The van der Waals surface area contributed by atoms with E-state index in [-0.39, 0.29) is 17.1 Å². The Hall–Kier alpha value is -1.89. The maximum absolute atomic E-state index is 11.3. The van der Waals surface area contributed by atoms with E-state index in [1.165, 1.54) is 10.7 Å². The van der Waals surface area contributed by atoms with Gasteiger partial charge in [-0.2, -0.15) is 5.10 Å². The van der Waals surface area contributed by atoms with Crippen LogP contribution >= 0.6 is 0 Å². The third-order valence-corrected chi connectivity index (χ3v) is 3.13. The maximum Gasteiger partial charge on any atom is 0.348 e. The zero-order chi connectivity index (χ0) is 14.0. The summed E-state index contributed by atoms with van der Waals surface area (Å²) in [5.41, 5.74) is 5.97. The summed E-state index contributed by atoms with van der Waals surface area (Å²) in [6.07, 6.45) is 2.31. The molecule has 7 nitrogen and oxygen atoms in total. The van der Waals surface area contributed by atoms with Gasteiger partial charge in [-0.1, -0.05) is 20.8 Å². The summed E-state index contributed by atoms with van der Waals surface area (Å²) in [6, 6.07) is 1.95. The van der Waals surface area contributed by atoms with Crippen molar-refractivity contribution >= 4 is 11.5 Å². The number of aromatic amines is 1. The second-order valence-electron chi connectivity index (χ2n) is 5.67. The third-order valence-electron chi connectivity index (χ3n) is 3.13. The second-order valence-corrected chi connectivity index (χ2v) is 5.67. The van der Waals surface area contributed by atoms with Gasteiger partial charge in [0, 0.05) is 12.1 Å². The first-order chi connectivity index (χ1) is 8.91. The van der Waals surface area contributed by atoms with E-state index < -0.39 is 0 Å². The van der Waals surface area contributed by atoms with E-state index in [0.717, 1.165) is 6.42 Å². The van der Waals surface area contributed by atoms with Crippen LogP contribution in [-0.4, -0.2) is 32.2 Å². The molecule has 0 aliphatic rings. The SMILES string of the molecule is CC(C)(C)C(CCN)Nc1cc2n[nH]c(=O)n2cn1. The second kappa shape index (κ2) is 5.00.